The second-order valence-corrected chi connectivity index (χ2v) is 9.28. The quantitative estimate of drug-likeness (QED) is 0.392. The summed E-state index contributed by atoms with van der Waals surface area (Å²) in [6.45, 7) is 9.34. The number of rotatable bonds is 11. The van der Waals surface area contributed by atoms with Crippen molar-refractivity contribution >= 4 is 32.6 Å². The van der Waals surface area contributed by atoms with Crippen molar-refractivity contribution in [2.45, 2.75) is 20.3 Å². The molecule has 0 atom stereocenters. The van der Waals surface area contributed by atoms with Gasteiger partial charge in [0.2, 0.25) is 0 Å². The van der Waals surface area contributed by atoms with Gasteiger partial charge in [0.05, 0.1) is 31.6 Å². The summed E-state index contributed by atoms with van der Waals surface area (Å²) in [5.74, 6) is 1.97. The summed E-state index contributed by atoms with van der Waals surface area (Å²) in [6, 6.07) is 11.2. The van der Waals surface area contributed by atoms with Gasteiger partial charge in [-0.2, -0.15) is 0 Å². The van der Waals surface area contributed by atoms with Crippen molar-refractivity contribution in [1.82, 2.24) is 9.88 Å². The molecule has 0 bridgehead atoms. The number of hydrogen-bond donors (Lipinski definition) is 0. The molecule has 35 heavy (non-hydrogen) atoms. The number of ether oxygens (including phenoxy) is 4. The number of benzene rings is 2. The van der Waals surface area contributed by atoms with E-state index < -0.39 is 0 Å². The maximum Gasteiger partial charge on any atom is 0.266 e. The summed E-state index contributed by atoms with van der Waals surface area (Å²) in [7, 11) is 1.64. The molecule has 0 spiro atoms. The molecule has 2 aromatic carbocycles. The summed E-state index contributed by atoms with van der Waals surface area (Å²) in [5.41, 5.74) is 1.89. The van der Waals surface area contributed by atoms with Crippen LogP contribution >= 0.6 is 11.3 Å². The van der Waals surface area contributed by atoms with Crippen LogP contribution in [0.5, 0.6) is 17.2 Å². The second kappa shape index (κ2) is 12.2. The first kappa shape index (κ1) is 25.2. The third-order valence-electron chi connectivity index (χ3n) is 5.90. The number of anilines is 1. The van der Waals surface area contributed by atoms with Crippen molar-refractivity contribution in [2.24, 2.45) is 0 Å². The first-order valence-corrected chi connectivity index (χ1v) is 12.8. The molecule has 188 valence electrons. The molecular weight excluding hydrogens is 466 g/mol. The van der Waals surface area contributed by atoms with Gasteiger partial charge in [-0.1, -0.05) is 17.4 Å². The Balaban J connectivity index is 1.49. The van der Waals surface area contributed by atoms with Crippen molar-refractivity contribution in [3.8, 4) is 17.2 Å². The van der Waals surface area contributed by atoms with E-state index in [1.807, 2.05) is 50.2 Å². The molecular formula is C26H33N3O5S. The van der Waals surface area contributed by atoms with Crippen molar-refractivity contribution in [1.29, 1.82) is 0 Å². The van der Waals surface area contributed by atoms with Crippen LogP contribution in [-0.2, 0) is 9.53 Å². The SMILES string of the molecule is CCOc1ccc(OCC(=O)N(CCCN2CCOCC2)c2nc3c(OC)ccc(C)c3s2)cc1. The number of carbonyl (C=O) groups is 1. The van der Waals surface area contributed by atoms with Crippen LogP contribution in [0.1, 0.15) is 18.9 Å². The number of aromatic nitrogens is 1. The van der Waals surface area contributed by atoms with Crippen LogP contribution in [-0.4, -0.2) is 75.5 Å². The third-order valence-corrected chi connectivity index (χ3v) is 7.11. The number of thiazole rings is 1. The lowest BCUT2D eigenvalue weighted by Crippen LogP contribution is -2.40. The standard InChI is InChI=1S/C26H33N3O5S/c1-4-33-20-7-9-21(10-8-20)34-18-23(30)29(13-5-12-28-14-16-32-17-15-28)26-27-24-22(31-3)11-6-19(2)25(24)35-26/h6-11H,4-5,12-18H2,1-3H3. The molecule has 0 saturated carbocycles. The topological polar surface area (TPSA) is 73.4 Å². The molecule has 0 radical (unpaired) electrons. The van der Waals surface area contributed by atoms with Crippen LogP contribution in [0, 0.1) is 6.92 Å². The zero-order valence-corrected chi connectivity index (χ0v) is 21.4. The number of carbonyl (C=O) groups excluding carboxylic acids is 1. The molecule has 1 aromatic heterocycles. The lowest BCUT2D eigenvalue weighted by molar-refractivity contribution is -0.120. The molecule has 1 amide bonds. The molecule has 1 fully saturated rings. The molecule has 4 rings (SSSR count). The zero-order chi connectivity index (χ0) is 24.6. The minimum atomic E-state index is -0.128. The first-order chi connectivity index (χ1) is 17.1. The lowest BCUT2D eigenvalue weighted by atomic mass is 10.2. The average molecular weight is 500 g/mol. The minimum Gasteiger partial charge on any atom is -0.494 e. The Morgan fingerprint density at radius 2 is 1.83 bits per heavy atom. The number of aryl methyl sites for hydroxylation is 1. The fourth-order valence-electron chi connectivity index (χ4n) is 4.00. The maximum atomic E-state index is 13.4. The Morgan fingerprint density at radius 3 is 2.51 bits per heavy atom. The number of fused-ring (bicyclic) bond motifs is 1. The highest BCUT2D eigenvalue weighted by atomic mass is 32.1. The normalized spacial score (nSPS) is 14.1. The van der Waals surface area contributed by atoms with Gasteiger partial charge >= 0.3 is 0 Å². The summed E-state index contributed by atoms with van der Waals surface area (Å²) < 4.78 is 23.3. The Kier molecular flexibility index (Phi) is 8.79. The van der Waals surface area contributed by atoms with E-state index in [0.717, 1.165) is 60.8 Å². The van der Waals surface area contributed by atoms with Crippen molar-refractivity contribution in [3.63, 3.8) is 0 Å². The van der Waals surface area contributed by atoms with E-state index >= 15 is 0 Å². The zero-order valence-electron chi connectivity index (χ0n) is 20.6. The van der Waals surface area contributed by atoms with E-state index in [4.69, 9.17) is 23.9 Å². The molecule has 0 unspecified atom stereocenters. The van der Waals surface area contributed by atoms with Crippen LogP contribution in [0.3, 0.4) is 0 Å². The van der Waals surface area contributed by atoms with Gasteiger partial charge in [-0.25, -0.2) is 4.98 Å². The Bertz CT molecular complexity index is 1110. The predicted molar refractivity (Wildman–Crippen MR) is 138 cm³/mol. The minimum absolute atomic E-state index is 0.0718. The molecule has 1 aliphatic heterocycles. The molecule has 0 N–H and O–H groups in total. The lowest BCUT2D eigenvalue weighted by Gasteiger charge is -2.27. The van der Waals surface area contributed by atoms with Crippen LogP contribution in [0.25, 0.3) is 10.2 Å². The average Bonchev–Trinajstić information content (AvgIpc) is 3.33. The predicted octanol–water partition coefficient (Wildman–Crippen LogP) is 4.15. The Labute approximate surface area is 210 Å². The van der Waals surface area contributed by atoms with Crippen LogP contribution in [0.2, 0.25) is 0 Å². The van der Waals surface area contributed by atoms with E-state index in [9.17, 15) is 4.79 Å². The smallest absolute Gasteiger partial charge is 0.266 e. The van der Waals surface area contributed by atoms with Gasteiger partial charge in [0.1, 0.15) is 22.8 Å². The highest BCUT2D eigenvalue weighted by molar-refractivity contribution is 7.22. The molecule has 1 saturated heterocycles. The molecule has 2 heterocycles. The van der Waals surface area contributed by atoms with Gasteiger partial charge in [0.25, 0.3) is 5.91 Å². The van der Waals surface area contributed by atoms with E-state index in [1.165, 1.54) is 11.3 Å². The van der Waals surface area contributed by atoms with E-state index in [-0.39, 0.29) is 12.5 Å². The number of hydrogen-bond acceptors (Lipinski definition) is 8. The number of methoxy groups -OCH3 is 1. The van der Waals surface area contributed by atoms with Crippen molar-refractivity contribution in [2.75, 3.05) is 64.6 Å². The summed E-state index contributed by atoms with van der Waals surface area (Å²) in [6.07, 6.45) is 0.834. The van der Waals surface area contributed by atoms with Crippen molar-refractivity contribution in [3.05, 3.63) is 42.0 Å². The molecule has 8 nitrogen and oxygen atoms in total. The van der Waals surface area contributed by atoms with Crippen LogP contribution in [0.4, 0.5) is 5.13 Å². The fourth-order valence-corrected chi connectivity index (χ4v) is 5.10. The fraction of sp³-hybridized carbons (Fsp3) is 0.462. The number of nitrogens with zero attached hydrogens (tertiary/aromatic N) is 3. The van der Waals surface area contributed by atoms with Crippen molar-refractivity contribution < 1.29 is 23.7 Å². The monoisotopic (exact) mass is 499 g/mol. The molecule has 1 aliphatic rings. The van der Waals surface area contributed by atoms with E-state index in [0.29, 0.717) is 29.8 Å². The summed E-state index contributed by atoms with van der Waals surface area (Å²) in [5, 5.41) is 0.662. The summed E-state index contributed by atoms with van der Waals surface area (Å²) in [4.78, 5) is 22.3. The second-order valence-electron chi connectivity index (χ2n) is 8.30. The van der Waals surface area contributed by atoms with Gasteiger partial charge < -0.3 is 18.9 Å². The number of amides is 1. The van der Waals surface area contributed by atoms with Gasteiger partial charge in [0, 0.05) is 26.2 Å². The van der Waals surface area contributed by atoms with Gasteiger partial charge in [-0.05, 0) is 56.2 Å². The first-order valence-electron chi connectivity index (χ1n) is 12.0. The van der Waals surface area contributed by atoms with Gasteiger partial charge in [0.15, 0.2) is 11.7 Å². The van der Waals surface area contributed by atoms with Gasteiger partial charge in [-0.3, -0.25) is 14.6 Å². The number of morpholine rings is 1. The Morgan fingerprint density at radius 1 is 1.11 bits per heavy atom. The molecule has 9 heteroatoms. The van der Waals surface area contributed by atoms with Gasteiger partial charge in [-0.15, -0.1) is 0 Å². The maximum absolute atomic E-state index is 13.4. The summed E-state index contributed by atoms with van der Waals surface area (Å²) >= 11 is 1.51. The van der Waals surface area contributed by atoms with E-state index in [2.05, 4.69) is 4.90 Å². The molecule has 0 aliphatic carbocycles. The third kappa shape index (κ3) is 6.42. The van der Waals surface area contributed by atoms with Crippen LogP contribution in [0.15, 0.2) is 36.4 Å². The van der Waals surface area contributed by atoms with E-state index in [1.54, 1.807) is 12.0 Å². The highest BCUT2D eigenvalue weighted by Crippen LogP contribution is 2.36. The Hall–Kier alpha value is -2.88. The van der Waals surface area contributed by atoms with Crippen LogP contribution < -0.4 is 19.1 Å². The molecule has 3 aromatic rings. The highest BCUT2D eigenvalue weighted by Gasteiger charge is 2.22. The largest absolute Gasteiger partial charge is 0.494 e.